The predicted octanol–water partition coefficient (Wildman–Crippen LogP) is 5.04. The zero-order valence-electron chi connectivity index (χ0n) is 13.9. The minimum Gasteiger partial charge on any atom is -0.334 e. The third-order valence-electron chi connectivity index (χ3n) is 3.74. The monoisotopic (exact) mass is 461 g/mol. The Labute approximate surface area is 164 Å². The molecule has 0 spiro atoms. The summed E-state index contributed by atoms with van der Waals surface area (Å²) in [6.45, 7) is 2.07. The van der Waals surface area contributed by atoms with Gasteiger partial charge in [0.2, 0.25) is 11.6 Å². The minimum atomic E-state index is -0.488. The van der Waals surface area contributed by atoms with Crippen LogP contribution in [0.25, 0.3) is 0 Å². The molecule has 7 nitrogen and oxygen atoms in total. The van der Waals surface area contributed by atoms with Crippen LogP contribution in [0.3, 0.4) is 0 Å². The molecule has 8 heteroatoms. The highest BCUT2D eigenvalue weighted by Crippen LogP contribution is 2.33. The number of halogens is 1. The first-order valence-corrected chi connectivity index (χ1v) is 9.02. The van der Waals surface area contributed by atoms with Gasteiger partial charge in [-0.2, -0.15) is 0 Å². The molecule has 132 valence electrons. The summed E-state index contributed by atoms with van der Waals surface area (Å²) >= 11 is 2.20. The summed E-state index contributed by atoms with van der Waals surface area (Å²) in [4.78, 5) is 19.2. The molecule has 0 amide bonds. The van der Waals surface area contributed by atoms with E-state index in [1.807, 2.05) is 48.5 Å². The van der Waals surface area contributed by atoms with E-state index in [0.717, 1.165) is 15.7 Å². The van der Waals surface area contributed by atoms with Crippen LogP contribution in [0.5, 0.6) is 0 Å². The maximum Gasteiger partial charge on any atom is 0.353 e. The van der Waals surface area contributed by atoms with E-state index >= 15 is 0 Å². The first-order chi connectivity index (χ1) is 12.6. The number of nitro groups is 1. The quantitative estimate of drug-likeness (QED) is 0.304. The number of hydrogen-bond acceptors (Lipinski definition) is 6. The smallest absolute Gasteiger partial charge is 0.334 e. The van der Waals surface area contributed by atoms with Crippen molar-refractivity contribution in [3.05, 3.63) is 74.1 Å². The summed E-state index contributed by atoms with van der Waals surface area (Å²) < 4.78 is 1.07. The number of aromatic nitrogens is 2. The zero-order chi connectivity index (χ0) is 18.5. The fourth-order valence-electron chi connectivity index (χ4n) is 2.37. The van der Waals surface area contributed by atoms with Gasteiger partial charge < -0.3 is 10.6 Å². The average molecular weight is 461 g/mol. The third kappa shape index (κ3) is 4.26. The first-order valence-electron chi connectivity index (χ1n) is 7.94. The van der Waals surface area contributed by atoms with E-state index < -0.39 is 4.92 Å². The molecule has 0 aliphatic rings. The van der Waals surface area contributed by atoms with Gasteiger partial charge in [-0.25, -0.2) is 9.97 Å². The molecular weight excluding hydrogens is 445 g/mol. The lowest BCUT2D eigenvalue weighted by Gasteiger charge is -2.10. The van der Waals surface area contributed by atoms with Gasteiger partial charge in [0.05, 0.1) is 4.92 Å². The largest absolute Gasteiger partial charge is 0.353 e. The van der Waals surface area contributed by atoms with Gasteiger partial charge >= 0.3 is 5.69 Å². The number of benzene rings is 2. The summed E-state index contributed by atoms with van der Waals surface area (Å²) in [6, 6.07) is 15.2. The minimum absolute atomic E-state index is 0.138. The Morgan fingerprint density at radius 3 is 1.92 bits per heavy atom. The van der Waals surface area contributed by atoms with Crippen molar-refractivity contribution in [1.82, 2.24) is 9.97 Å². The number of hydrogen-bond donors (Lipinski definition) is 2. The van der Waals surface area contributed by atoms with Crippen molar-refractivity contribution in [2.75, 3.05) is 10.6 Å². The van der Waals surface area contributed by atoms with Gasteiger partial charge in [0.15, 0.2) is 0 Å². The van der Waals surface area contributed by atoms with E-state index in [1.165, 1.54) is 11.9 Å². The lowest BCUT2D eigenvalue weighted by atomic mass is 10.1. The average Bonchev–Trinajstić information content (AvgIpc) is 2.64. The van der Waals surface area contributed by atoms with Gasteiger partial charge in [-0.1, -0.05) is 19.1 Å². The van der Waals surface area contributed by atoms with Crippen molar-refractivity contribution in [3.8, 4) is 0 Å². The highest BCUT2D eigenvalue weighted by Gasteiger charge is 2.23. The number of nitrogens with zero attached hydrogens (tertiary/aromatic N) is 3. The first kappa shape index (κ1) is 18.1. The molecule has 0 aliphatic carbocycles. The van der Waals surface area contributed by atoms with E-state index in [0.29, 0.717) is 5.69 Å². The molecule has 2 aromatic carbocycles. The summed E-state index contributed by atoms with van der Waals surface area (Å²) in [5.74, 6) is 0.279. The summed E-state index contributed by atoms with van der Waals surface area (Å²) in [5, 5.41) is 17.6. The van der Waals surface area contributed by atoms with Crippen molar-refractivity contribution < 1.29 is 4.92 Å². The fraction of sp³-hybridized carbons (Fsp3) is 0.111. The van der Waals surface area contributed by atoms with E-state index in [1.54, 1.807) is 0 Å². The zero-order valence-corrected chi connectivity index (χ0v) is 16.1. The molecule has 0 saturated heterocycles. The topological polar surface area (TPSA) is 93.0 Å². The van der Waals surface area contributed by atoms with E-state index in [2.05, 4.69) is 50.1 Å². The molecule has 0 fully saturated rings. The molecule has 1 aromatic heterocycles. The van der Waals surface area contributed by atoms with Gasteiger partial charge in [0.1, 0.15) is 6.33 Å². The highest BCUT2D eigenvalue weighted by molar-refractivity contribution is 14.1. The van der Waals surface area contributed by atoms with E-state index in [4.69, 9.17) is 0 Å². The number of rotatable bonds is 6. The molecule has 0 saturated carbocycles. The second-order valence-electron chi connectivity index (χ2n) is 5.48. The lowest BCUT2D eigenvalue weighted by Crippen LogP contribution is -2.05. The molecule has 1 heterocycles. The number of aryl methyl sites for hydroxylation is 1. The van der Waals surface area contributed by atoms with Crippen LogP contribution >= 0.6 is 22.6 Å². The standard InChI is InChI=1S/C18H16IN5O2/c1-2-12-3-7-14(8-4-12)22-17-16(24(25)26)18(21-11-20-17)23-15-9-5-13(19)6-10-15/h3-11H,2H2,1H3,(H2,20,21,22,23). The number of nitrogens with one attached hydrogen (secondary N) is 2. The van der Waals surface area contributed by atoms with E-state index in [-0.39, 0.29) is 17.3 Å². The van der Waals surface area contributed by atoms with Crippen molar-refractivity contribution in [2.45, 2.75) is 13.3 Å². The van der Waals surface area contributed by atoms with Crippen LogP contribution in [0.15, 0.2) is 54.9 Å². The molecule has 0 atom stereocenters. The molecule has 3 rings (SSSR count). The van der Waals surface area contributed by atoms with E-state index in [9.17, 15) is 10.1 Å². The van der Waals surface area contributed by atoms with Crippen LogP contribution in [-0.4, -0.2) is 14.9 Å². The normalized spacial score (nSPS) is 10.4. The molecule has 2 N–H and O–H groups in total. The van der Waals surface area contributed by atoms with Crippen molar-refractivity contribution in [1.29, 1.82) is 0 Å². The van der Waals surface area contributed by atoms with Crippen LogP contribution in [0.1, 0.15) is 12.5 Å². The maximum atomic E-state index is 11.6. The maximum absolute atomic E-state index is 11.6. The molecule has 0 unspecified atom stereocenters. The van der Waals surface area contributed by atoms with Gasteiger partial charge in [0, 0.05) is 14.9 Å². The molecule has 0 radical (unpaired) electrons. The van der Waals surface area contributed by atoms with Gasteiger partial charge in [-0.3, -0.25) is 10.1 Å². The predicted molar refractivity (Wildman–Crippen MR) is 110 cm³/mol. The van der Waals surface area contributed by atoms with Gasteiger partial charge in [0.25, 0.3) is 0 Å². The number of anilines is 4. The lowest BCUT2D eigenvalue weighted by molar-refractivity contribution is -0.383. The van der Waals surface area contributed by atoms with Crippen molar-refractivity contribution >= 4 is 51.3 Å². The third-order valence-corrected chi connectivity index (χ3v) is 4.46. The summed E-state index contributed by atoms with van der Waals surface area (Å²) in [6.07, 6.45) is 2.22. The molecular formula is C18H16IN5O2. The fourth-order valence-corrected chi connectivity index (χ4v) is 2.72. The Balaban J connectivity index is 1.92. The summed E-state index contributed by atoms with van der Waals surface area (Å²) in [5.41, 5.74) is 2.43. The van der Waals surface area contributed by atoms with Crippen LogP contribution in [0, 0.1) is 13.7 Å². The second kappa shape index (κ2) is 8.09. The second-order valence-corrected chi connectivity index (χ2v) is 6.73. The van der Waals surface area contributed by atoms with Crippen LogP contribution in [0.4, 0.5) is 28.7 Å². The van der Waals surface area contributed by atoms with Crippen molar-refractivity contribution in [2.24, 2.45) is 0 Å². The molecule has 3 aromatic rings. The Morgan fingerprint density at radius 1 is 0.962 bits per heavy atom. The van der Waals surface area contributed by atoms with Crippen LogP contribution in [-0.2, 0) is 6.42 Å². The van der Waals surface area contributed by atoms with Crippen LogP contribution < -0.4 is 10.6 Å². The molecule has 26 heavy (non-hydrogen) atoms. The molecule has 0 bridgehead atoms. The SMILES string of the molecule is CCc1ccc(Nc2ncnc(Nc3ccc(I)cc3)c2[N+](=O)[O-])cc1. The highest BCUT2D eigenvalue weighted by atomic mass is 127. The van der Waals surface area contributed by atoms with Gasteiger partial charge in [-0.05, 0) is 71.0 Å². The van der Waals surface area contributed by atoms with Crippen molar-refractivity contribution in [3.63, 3.8) is 0 Å². The Morgan fingerprint density at radius 2 is 1.46 bits per heavy atom. The van der Waals surface area contributed by atoms with Gasteiger partial charge in [-0.15, -0.1) is 0 Å². The summed E-state index contributed by atoms with van der Waals surface area (Å²) in [7, 11) is 0. The molecule has 0 aliphatic heterocycles. The van der Waals surface area contributed by atoms with Crippen LogP contribution in [0.2, 0.25) is 0 Å². The Bertz CT molecular complexity index is 914. The Hall–Kier alpha value is -2.75. The Kier molecular flexibility index (Phi) is 5.61.